The van der Waals surface area contributed by atoms with E-state index in [0.717, 1.165) is 0 Å². The molecule has 0 aliphatic heterocycles. The van der Waals surface area contributed by atoms with E-state index in [4.69, 9.17) is 10.2 Å². The number of hydrogen-bond donors (Lipinski definition) is 2. The number of hydrogen-bond acceptors (Lipinski definition) is 2. The van der Waals surface area contributed by atoms with Crippen molar-refractivity contribution in [2.24, 2.45) is 0 Å². The molecule has 0 aliphatic carbocycles. The van der Waals surface area contributed by atoms with Gasteiger partial charge in [-0.25, -0.2) is 0 Å². The first-order valence-electron chi connectivity index (χ1n) is 1.61. The molecule has 0 aromatic heterocycles. The molecule has 0 aromatic carbocycles. The first-order chi connectivity index (χ1) is 3.27. The van der Waals surface area contributed by atoms with Crippen LogP contribution in [0, 0.1) is 12.0 Å². The molecule has 0 unspecified atom stereocenters. The van der Waals surface area contributed by atoms with Crippen molar-refractivity contribution in [3.8, 4) is 12.0 Å². The van der Waals surface area contributed by atoms with Gasteiger partial charge >= 0.3 is 5.97 Å². The molecule has 0 rings (SSSR count). The molecule has 0 spiro atoms. The van der Waals surface area contributed by atoms with Gasteiger partial charge in [0.25, 0.3) is 0 Å². The van der Waals surface area contributed by atoms with E-state index in [1.54, 1.807) is 0 Å². The van der Waals surface area contributed by atoms with Gasteiger partial charge in [0.1, 0.15) is 12.5 Å². The number of carboxylic acids is 1. The van der Waals surface area contributed by atoms with Gasteiger partial charge < -0.3 is 10.2 Å². The largest absolute Gasteiger partial charge is 0.481 e. The van der Waals surface area contributed by atoms with Crippen LogP contribution in [0.2, 0.25) is 0 Å². The van der Waals surface area contributed by atoms with E-state index in [2.05, 4.69) is 0 Å². The SMILES string of the molecule is O=C(O)CC#CO. The van der Waals surface area contributed by atoms with Crippen molar-refractivity contribution in [1.29, 1.82) is 0 Å². The Kier molecular flexibility index (Phi) is 2.53. The number of aliphatic carboxylic acids is 1. The Morgan fingerprint density at radius 3 is 2.43 bits per heavy atom. The molecule has 3 heteroatoms. The maximum absolute atomic E-state index is 9.54. The Morgan fingerprint density at radius 2 is 2.29 bits per heavy atom. The Morgan fingerprint density at radius 1 is 1.71 bits per heavy atom. The lowest BCUT2D eigenvalue weighted by molar-refractivity contribution is -0.135. The molecule has 0 fully saturated rings. The molecule has 7 heavy (non-hydrogen) atoms. The molecule has 0 aromatic rings. The lowest BCUT2D eigenvalue weighted by atomic mass is 10.5. The van der Waals surface area contributed by atoms with Gasteiger partial charge in [0, 0.05) is 0 Å². The normalized spacial score (nSPS) is 6.29. The minimum Gasteiger partial charge on any atom is -0.481 e. The summed E-state index contributed by atoms with van der Waals surface area (Å²) in [5.74, 6) is 0.927. The van der Waals surface area contributed by atoms with E-state index in [0.29, 0.717) is 0 Å². The zero-order valence-electron chi connectivity index (χ0n) is 3.51. The summed E-state index contributed by atoms with van der Waals surface area (Å²) in [4.78, 5) is 9.54. The Balaban J connectivity index is 3.26. The number of carboxylic acid groups (broad SMARTS) is 1. The molecule has 3 nitrogen and oxygen atoms in total. The van der Waals surface area contributed by atoms with Gasteiger partial charge in [0.15, 0.2) is 0 Å². The smallest absolute Gasteiger partial charge is 0.315 e. The van der Waals surface area contributed by atoms with Crippen LogP contribution in [-0.4, -0.2) is 16.2 Å². The van der Waals surface area contributed by atoms with Crippen LogP contribution in [0.25, 0.3) is 0 Å². The highest BCUT2D eigenvalue weighted by Crippen LogP contribution is 1.69. The lowest BCUT2D eigenvalue weighted by Gasteiger charge is -1.73. The van der Waals surface area contributed by atoms with Gasteiger partial charge in [0.05, 0.1) is 0 Å². The van der Waals surface area contributed by atoms with E-state index in [1.807, 2.05) is 5.92 Å². The van der Waals surface area contributed by atoms with Crippen LogP contribution < -0.4 is 0 Å². The average Bonchev–Trinajstić information content (AvgIpc) is 1.61. The van der Waals surface area contributed by atoms with E-state index in [-0.39, 0.29) is 6.42 Å². The van der Waals surface area contributed by atoms with Crippen LogP contribution in [-0.2, 0) is 4.79 Å². The highest BCUT2D eigenvalue weighted by Gasteiger charge is 1.86. The van der Waals surface area contributed by atoms with Crippen molar-refractivity contribution in [2.75, 3.05) is 0 Å². The summed E-state index contributed by atoms with van der Waals surface area (Å²) in [5.41, 5.74) is 0. The van der Waals surface area contributed by atoms with Gasteiger partial charge in [-0.3, -0.25) is 4.79 Å². The third-order valence-corrected chi connectivity index (χ3v) is 0.319. The standard InChI is InChI=1S/C4H4O3/c5-3-1-2-4(6)7/h5H,2H2,(H,6,7). The molecule has 0 bridgehead atoms. The number of aliphatic hydroxyl groups is 1. The molecule has 0 amide bonds. The molecular formula is C4H4O3. The molecule has 38 valence electrons. The highest BCUT2D eigenvalue weighted by atomic mass is 16.4. The average molecular weight is 100 g/mol. The van der Waals surface area contributed by atoms with Gasteiger partial charge in [-0.2, -0.15) is 0 Å². The van der Waals surface area contributed by atoms with Crippen molar-refractivity contribution in [3.63, 3.8) is 0 Å². The van der Waals surface area contributed by atoms with Gasteiger partial charge in [-0.05, 0) is 5.92 Å². The summed E-state index contributed by atoms with van der Waals surface area (Å²) in [6.07, 6.45) is 1.17. The van der Waals surface area contributed by atoms with Crippen LogP contribution in [0.4, 0.5) is 0 Å². The molecule has 0 saturated carbocycles. The van der Waals surface area contributed by atoms with Crippen molar-refractivity contribution in [3.05, 3.63) is 0 Å². The Hall–Kier alpha value is -1.17. The van der Waals surface area contributed by atoms with Crippen LogP contribution >= 0.6 is 0 Å². The summed E-state index contributed by atoms with van der Waals surface area (Å²) >= 11 is 0. The van der Waals surface area contributed by atoms with Crippen molar-refractivity contribution in [1.82, 2.24) is 0 Å². The molecule has 0 radical (unpaired) electrons. The predicted molar refractivity (Wildman–Crippen MR) is 22.0 cm³/mol. The fourth-order valence-corrected chi connectivity index (χ4v) is 0.115. The third-order valence-electron chi connectivity index (χ3n) is 0.319. The molecule has 0 heterocycles. The van der Waals surface area contributed by atoms with E-state index in [9.17, 15) is 4.79 Å². The van der Waals surface area contributed by atoms with Gasteiger partial charge in [0.2, 0.25) is 0 Å². The van der Waals surface area contributed by atoms with Crippen LogP contribution in [0.3, 0.4) is 0 Å². The highest BCUT2D eigenvalue weighted by molar-refractivity contribution is 5.69. The van der Waals surface area contributed by atoms with E-state index in [1.165, 1.54) is 6.11 Å². The van der Waals surface area contributed by atoms with Crippen LogP contribution in [0.15, 0.2) is 0 Å². The van der Waals surface area contributed by atoms with Crippen molar-refractivity contribution < 1.29 is 15.0 Å². The number of aliphatic hydroxyl groups excluding tert-OH is 1. The zero-order valence-corrected chi connectivity index (χ0v) is 3.51. The summed E-state index contributed by atoms with van der Waals surface area (Å²) in [7, 11) is 0. The fourth-order valence-electron chi connectivity index (χ4n) is 0.115. The molecule has 0 aliphatic rings. The van der Waals surface area contributed by atoms with Crippen molar-refractivity contribution in [2.45, 2.75) is 6.42 Å². The molecule has 0 saturated heterocycles. The Bertz CT molecular complexity index is 117. The summed E-state index contributed by atoms with van der Waals surface area (Å²) < 4.78 is 0. The number of carbonyl (C=O) groups is 1. The second-order valence-electron chi connectivity index (χ2n) is 0.859. The van der Waals surface area contributed by atoms with Crippen LogP contribution in [0.5, 0.6) is 0 Å². The topological polar surface area (TPSA) is 57.5 Å². The zero-order chi connectivity index (χ0) is 5.70. The summed E-state index contributed by atoms with van der Waals surface area (Å²) in [6.45, 7) is 0. The molecular weight excluding hydrogens is 96.0 g/mol. The lowest BCUT2D eigenvalue weighted by Crippen LogP contribution is -1.89. The van der Waals surface area contributed by atoms with Gasteiger partial charge in [-0.1, -0.05) is 0 Å². The first-order valence-corrected chi connectivity index (χ1v) is 1.61. The second-order valence-corrected chi connectivity index (χ2v) is 0.859. The maximum atomic E-state index is 9.54. The Labute approximate surface area is 40.6 Å². The second kappa shape index (κ2) is 3.04. The summed E-state index contributed by atoms with van der Waals surface area (Å²) in [5, 5.41) is 15.5. The van der Waals surface area contributed by atoms with Crippen LogP contribution in [0.1, 0.15) is 6.42 Å². The maximum Gasteiger partial charge on any atom is 0.315 e. The monoisotopic (exact) mass is 100 g/mol. The minimum absolute atomic E-state index is 0.295. The minimum atomic E-state index is -1.03. The number of rotatable bonds is 1. The van der Waals surface area contributed by atoms with Gasteiger partial charge in [-0.15, -0.1) is 0 Å². The first kappa shape index (κ1) is 5.83. The summed E-state index contributed by atoms with van der Waals surface area (Å²) in [6, 6.07) is 0. The van der Waals surface area contributed by atoms with E-state index < -0.39 is 5.97 Å². The molecule has 2 N–H and O–H groups in total. The quantitative estimate of drug-likeness (QED) is 0.448. The fraction of sp³-hybridized carbons (Fsp3) is 0.250. The third kappa shape index (κ3) is 4.83. The predicted octanol–water partition coefficient (Wildman–Crippen LogP) is -0.205. The molecule has 0 atom stereocenters. The van der Waals surface area contributed by atoms with Crippen molar-refractivity contribution >= 4 is 5.97 Å². The van der Waals surface area contributed by atoms with E-state index >= 15 is 0 Å².